The molecule has 0 aliphatic carbocycles. The van der Waals surface area contributed by atoms with E-state index in [2.05, 4.69) is 65.8 Å². The minimum absolute atomic E-state index is 0.0313. The smallest absolute Gasteiger partial charge is 0.314 e. The van der Waals surface area contributed by atoms with E-state index in [-0.39, 0.29) is 17.6 Å². The normalized spacial score (nSPS) is 12.7. The summed E-state index contributed by atoms with van der Waals surface area (Å²) in [5.41, 5.74) is 5.09. The number of hydrogen-bond donors (Lipinski definition) is 0. The molecule has 1 aromatic rings. The van der Waals surface area contributed by atoms with Crippen LogP contribution in [0, 0.1) is 16.0 Å². The molecular weight excluding hydrogens is 414 g/mol. The van der Waals surface area contributed by atoms with Gasteiger partial charge in [-0.2, -0.15) is 0 Å². The number of nitro benzene ring substituents is 1. The molecule has 0 fully saturated rings. The fourth-order valence-electron chi connectivity index (χ4n) is 3.19. The number of nitro groups is 1. The van der Waals surface area contributed by atoms with Crippen molar-refractivity contribution in [3.05, 3.63) is 81.0 Å². The number of carbonyl (C=O) groups excluding carboxylic acids is 1. The van der Waals surface area contributed by atoms with Crippen molar-refractivity contribution >= 4 is 11.7 Å². The van der Waals surface area contributed by atoms with Gasteiger partial charge in [-0.1, -0.05) is 46.6 Å². The Morgan fingerprint density at radius 2 is 1.30 bits per heavy atom. The van der Waals surface area contributed by atoms with Crippen LogP contribution in [-0.4, -0.2) is 10.9 Å². The highest BCUT2D eigenvalue weighted by Crippen LogP contribution is 2.22. The maximum Gasteiger partial charge on any atom is 0.314 e. The van der Waals surface area contributed by atoms with Gasteiger partial charge in [-0.15, -0.1) is 0 Å². The van der Waals surface area contributed by atoms with Crippen LogP contribution < -0.4 is 4.74 Å². The quantitative estimate of drug-likeness (QED) is 0.0990. The molecule has 33 heavy (non-hydrogen) atoms. The molecule has 0 saturated carbocycles. The summed E-state index contributed by atoms with van der Waals surface area (Å²) in [4.78, 5) is 23.3. The number of esters is 1. The Morgan fingerprint density at radius 1 is 0.848 bits per heavy atom. The minimum atomic E-state index is -0.472. The van der Waals surface area contributed by atoms with Crippen LogP contribution in [0.4, 0.5) is 5.69 Å². The molecule has 0 spiro atoms. The Morgan fingerprint density at radius 3 is 1.70 bits per heavy atom. The largest absolute Gasteiger partial charge is 0.426 e. The molecule has 5 nitrogen and oxygen atoms in total. The van der Waals surface area contributed by atoms with Gasteiger partial charge in [0, 0.05) is 12.1 Å². The number of carbonyl (C=O) groups is 1. The van der Waals surface area contributed by atoms with E-state index in [1.165, 1.54) is 46.6 Å². The van der Waals surface area contributed by atoms with Crippen LogP contribution >= 0.6 is 0 Å². The molecule has 0 atom stereocenters. The molecule has 0 unspecified atom stereocenters. The number of hydrogen-bond acceptors (Lipinski definition) is 4. The molecule has 0 aliphatic heterocycles. The Kier molecular flexibility index (Phi) is 12.8. The van der Waals surface area contributed by atoms with Crippen LogP contribution in [0.1, 0.15) is 80.1 Å². The predicted octanol–water partition coefficient (Wildman–Crippen LogP) is 8.28. The lowest BCUT2D eigenvalue weighted by molar-refractivity contribution is -0.384. The van der Waals surface area contributed by atoms with Gasteiger partial charge in [0.2, 0.25) is 0 Å². The van der Waals surface area contributed by atoms with Crippen LogP contribution in [0.5, 0.6) is 5.75 Å². The minimum Gasteiger partial charge on any atom is -0.426 e. The molecule has 0 heterocycles. The van der Waals surface area contributed by atoms with Crippen LogP contribution in [-0.2, 0) is 4.79 Å². The fourth-order valence-corrected chi connectivity index (χ4v) is 3.19. The molecule has 0 saturated heterocycles. The third kappa shape index (κ3) is 12.6. The maximum atomic E-state index is 12.9. The maximum absolute atomic E-state index is 12.9. The van der Waals surface area contributed by atoms with Gasteiger partial charge < -0.3 is 4.74 Å². The van der Waals surface area contributed by atoms with Crippen molar-refractivity contribution in [3.8, 4) is 5.75 Å². The Bertz CT molecular complexity index is 856. The number of non-ortho nitro benzene ring substituents is 1. The van der Waals surface area contributed by atoms with Gasteiger partial charge in [-0.3, -0.25) is 14.9 Å². The van der Waals surface area contributed by atoms with E-state index in [1.807, 2.05) is 0 Å². The van der Waals surface area contributed by atoms with E-state index in [4.69, 9.17) is 4.74 Å². The lowest BCUT2D eigenvalue weighted by Gasteiger charge is -2.14. The van der Waals surface area contributed by atoms with Crippen molar-refractivity contribution in [1.82, 2.24) is 0 Å². The third-order valence-electron chi connectivity index (χ3n) is 5.28. The van der Waals surface area contributed by atoms with E-state index in [0.29, 0.717) is 18.6 Å². The number of allylic oxidation sites excluding steroid dienone is 8. The second-order valence-electron chi connectivity index (χ2n) is 9.08. The first-order valence-corrected chi connectivity index (χ1v) is 11.6. The highest BCUT2D eigenvalue weighted by Gasteiger charge is 2.19. The van der Waals surface area contributed by atoms with Gasteiger partial charge in [-0.05, 0) is 92.2 Å². The van der Waals surface area contributed by atoms with Crippen molar-refractivity contribution in [1.29, 1.82) is 0 Å². The highest BCUT2D eigenvalue weighted by molar-refractivity contribution is 5.75. The van der Waals surface area contributed by atoms with Gasteiger partial charge in [-0.25, -0.2) is 0 Å². The summed E-state index contributed by atoms with van der Waals surface area (Å²) in [5.74, 6) is -0.299. The predicted molar refractivity (Wildman–Crippen MR) is 136 cm³/mol. The van der Waals surface area contributed by atoms with Crippen molar-refractivity contribution in [2.75, 3.05) is 0 Å². The number of ether oxygens (including phenoxy) is 1. The standard InChI is InChI=1S/C28H39NO4/c1-21(2)9-7-11-23(5)13-15-25(16-14-24(6)12-8-10-22(3)4)28(30)33-27-19-17-26(18-20-27)29(31)32/h9-10,13-14,17-20,25H,7-8,11-12,15-16H2,1-6H3/b23-13+,24-14+. The van der Waals surface area contributed by atoms with Crippen molar-refractivity contribution in [3.63, 3.8) is 0 Å². The molecule has 1 aromatic carbocycles. The van der Waals surface area contributed by atoms with Gasteiger partial charge >= 0.3 is 5.97 Å². The summed E-state index contributed by atoms with van der Waals surface area (Å²) >= 11 is 0. The van der Waals surface area contributed by atoms with E-state index in [1.54, 1.807) is 0 Å². The van der Waals surface area contributed by atoms with E-state index < -0.39 is 4.92 Å². The van der Waals surface area contributed by atoms with Gasteiger partial charge in [0.25, 0.3) is 5.69 Å². The molecule has 0 amide bonds. The molecule has 0 N–H and O–H groups in total. The summed E-state index contributed by atoms with van der Waals surface area (Å²) in [7, 11) is 0. The molecular formula is C28H39NO4. The molecule has 0 radical (unpaired) electrons. The van der Waals surface area contributed by atoms with E-state index in [9.17, 15) is 14.9 Å². The average Bonchev–Trinajstić information content (AvgIpc) is 2.73. The number of benzene rings is 1. The summed E-state index contributed by atoms with van der Waals surface area (Å²) in [6.07, 6.45) is 13.8. The first-order chi connectivity index (χ1) is 15.6. The zero-order valence-corrected chi connectivity index (χ0v) is 21.0. The van der Waals surface area contributed by atoms with Crippen LogP contribution in [0.15, 0.2) is 70.9 Å². The molecule has 1 rings (SSSR count). The molecule has 0 aliphatic rings. The third-order valence-corrected chi connectivity index (χ3v) is 5.28. The summed E-state index contributed by atoms with van der Waals surface area (Å²) in [6, 6.07) is 5.62. The number of rotatable bonds is 13. The lowest BCUT2D eigenvalue weighted by atomic mass is 9.96. The Labute approximate surface area is 199 Å². The Hall–Kier alpha value is -2.95. The molecule has 0 aromatic heterocycles. The van der Waals surface area contributed by atoms with Crippen LogP contribution in [0.3, 0.4) is 0 Å². The fraction of sp³-hybridized carbons (Fsp3) is 0.464. The topological polar surface area (TPSA) is 69.4 Å². The first-order valence-electron chi connectivity index (χ1n) is 11.6. The first kappa shape index (κ1) is 28.1. The van der Waals surface area contributed by atoms with Crippen molar-refractivity contribution in [2.24, 2.45) is 5.92 Å². The molecule has 180 valence electrons. The monoisotopic (exact) mass is 453 g/mol. The van der Waals surface area contributed by atoms with Gasteiger partial charge in [0.1, 0.15) is 5.75 Å². The average molecular weight is 454 g/mol. The van der Waals surface area contributed by atoms with Gasteiger partial charge in [0.15, 0.2) is 0 Å². The zero-order valence-electron chi connectivity index (χ0n) is 21.0. The molecule has 0 bridgehead atoms. The summed E-state index contributed by atoms with van der Waals surface area (Å²) in [5, 5.41) is 10.8. The molecule has 5 heteroatoms. The van der Waals surface area contributed by atoms with Crippen molar-refractivity contribution in [2.45, 2.75) is 80.1 Å². The highest BCUT2D eigenvalue weighted by atomic mass is 16.6. The van der Waals surface area contributed by atoms with E-state index in [0.717, 1.165) is 25.7 Å². The zero-order chi connectivity index (χ0) is 24.8. The number of nitrogens with zero attached hydrogens (tertiary/aromatic N) is 1. The SMILES string of the molecule is CC(C)=CCC/C(C)=C/CC(C/C=C(\C)CCC=C(C)C)C(=O)Oc1ccc([N+](=O)[O-])cc1. The van der Waals surface area contributed by atoms with Crippen molar-refractivity contribution < 1.29 is 14.5 Å². The second-order valence-corrected chi connectivity index (χ2v) is 9.08. The lowest BCUT2D eigenvalue weighted by Crippen LogP contribution is -2.20. The van der Waals surface area contributed by atoms with Gasteiger partial charge in [0.05, 0.1) is 10.8 Å². The van der Waals surface area contributed by atoms with E-state index >= 15 is 0 Å². The second kappa shape index (κ2) is 15.0. The van der Waals surface area contributed by atoms with Crippen LogP contribution in [0.2, 0.25) is 0 Å². The Balaban J connectivity index is 2.88. The summed E-state index contributed by atoms with van der Waals surface area (Å²) in [6.45, 7) is 12.6. The summed E-state index contributed by atoms with van der Waals surface area (Å²) < 4.78 is 5.56. The van der Waals surface area contributed by atoms with Crippen LogP contribution in [0.25, 0.3) is 0 Å².